The number of fused-ring (bicyclic) bond motifs is 5. The lowest BCUT2D eigenvalue weighted by Gasteiger charge is -2.41. The highest BCUT2D eigenvalue weighted by Crippen LogP contribution is 2.52. The van der Waals surface area contributed by atoms with Crippen LogP contribution >= 0.6 is 31.9 Å². The average molecular weight is 487 g/mol. The van der Waals surface area contributed by atoms with Crippen LogP contribution in [0.4, 0.5) is 5.69 Å². The van der Waals surface area contributed by atoms with Gasteiger partial charge in [-0.2, -0.15) is 0 Å². The predicted octanol–water partition coefficient (Wildman–Crippen LogP) is 6.42. The summed E-state index contributed by atoms with van der Waals surface area (Å²) in [6.45, 7) is 0. The van der Waals surface area contributed by atoms with Gasteiger partial charge >= 0.3 is 0 Å². The monoisotopic (exact) mass is 485 g/mol. The van der Waals surface area contributed by atoms with Gasteiger partial charge in [0.2, 0.25) is 0 Å². The molecule has 2 aliphatic heterocycles. The van der Waals surface area contributed by atoms with E-state index in [1.54, 1.807) is 7.11 Å². The molecule has 0 aliphatic carbocycles. The van der Waals surface area contributed by atoms with Crippen LogP contribution in [0.5, 0.6) is 11.5 Å². The summed E-state index contributed by atoms with van der Waals surface area (Å²) in [4.78, 5) is 2.40. The lowest BCUT2D eigenvalue weighted by molar-refractivity contribution is 0.167. The number of rotatable bonds is 2. The van der Waals surface area contributed by atoms with Crippen LogP contribution < -0.4 is 14.4 Å². The molecule has 27 heavy (non-hydrogen) atoms. The molecule has 0 fully saturated rings. The van der Waals surface area contributed by atoms with Crippen LogP contribution in [0.3, 0.4) is 0 Å². The minimum atomic E-state index is -0.200. The van der Waals surface area contributed by atoms with Crippen molar-refractivity contribution in [3.63, 3.8) is 0 Å². The van der Waals surface area contributed by atoms with E-state index in [1.165, 1.54) is 16.8 Å². The van der Waals surface area contributed by atoms with Crippen molar-refractivity contribution < 1.29 is 9.47 Å². The highest BCUT2D eigenvalue weighted by Gasteiger charge is 2.42. The van der Waals surface area contributed by atoms with Gasteiger partial charge in [0.1, 0.15) is 11.5 Å². The summed E-state index contributed by atoms with van der Waals surface area (Å²) in [6, 6.07) is 21.2. The number of hydrogen-bond donors (Lipinski definition) is 0. The third-order valence-electron chi connectivity index (χ3n) is 5.27. The second-order valence-corrected chi connectivity index (χ2v) is 8.66. The van der Waals surface area contributed by atoms with Crippen LogP contribution in [0.15, 0.2) is 69.6 Å². The molecule has 5 rings (SSSR count). The molecule has 0 spiro atoms. The van der Waals surface area contributed by atoms with Crippen LogP contribution in [0.1, 0.15) is 29.0 Å². The first-order valence-corrected chi connectivity index (χ1v) is 10.4. The van der Waals surface area contributed by atoms with E-state index in [0.717, 1.165) is 32.4 Å². The molecule has 0 amide bonds. The Balaban J connectivity index is 1.68. The lowest BCUT2D eigenvalue weighted by atomic mass is 9.99. The van der Waals surface area contributed by atoms with Crippen LogP contribution in [0.25, 0.3) is 0 Å². The molecular weight excluding hydrogens is 470 g/mol. The average Bonchev–Trinajstić information content (AvgIpc) is 3.05. The Kier molecular flexibility index (Phi) is 4.17. The van der Waals surface area contributed by atoms with E-state index in [4.69, 9.17) is 9.47 Å². The molecule has 0 bridgehead atoms. The van der Waals surface area contributed by atoms with E-state index in [2.05, 4.69) is 85.3 Å². The fraction of sp³-hybridized carbons (Fsp3) is 0.182. The summed E-state index contributed by atoms with van der Waals surface area (Å²) in [5.74, 6) is 1.77. The number of halogens is 2. The van der Waals surface area contributed by atoms with Gasteiger partial charge in [-0.25, -0.2) is 0 Å². The van der Waals surface area contributed by atoms with E-state index >= 15 is 0 Å². The Hall–Kier alpha value is -1.98. The van der Waals surface area contributed by atoms with Gasteiger partial charge in [0.25, 0.3) is 0 Å². The van der Waals surface area contributed by atoms with Gasteiger partial charge in [-0.05, 0) is 54.4 Å². The SMILES string of the molecule is COc1cccc(C2Oc3cc(Br)ccc3C3Cc4cc(Br)ccc4N32)c1. The number of hydrogen-bond acceptors (Lipinski definition) is 3. The van der Waals surface area contributed by atoms with Crippen molar-refractivity contribution in [3.8, 4) is 11.5 Å². The first kappa shape index (κ1) is 17.1. The molecule has 2 atom stereocenters. The maximum Gasteiger partial charge on any atom is 0.199 e. The lowest BCUT2D eigenvalue weighted by Crippen LogP contribution is -2.37. The Bertz CT molecular complexity index is 1040. The zero-order valence-electron chi connectivity index (χ0n) is 14.7. The van der Waals surface area contributed by atoms with E-state index < -0.39 is 0 Å². The number of benzene rings is 3. The number of methoxy groups -OCH3 is 1. The van der Waals surface area contributed by atoms with Gasteiger partial charge < -0.3 is 14.4 Å². The molecule has 0 saturated heterocycles. The second-order valence-electron chi connectivity index (χ2n) is 6.83. The molecule has 0 saturated carbocycles. The van der Waals surface area contributed by atoms with Crippen LogP contribution in [-0.2, 0) is 6.42 Å². The molecule has 0 aromatic heterocycles. The smallest absolute Gasteiger partial charge is 0.199 e. The van der Waals surface area contributed by atoms with E-state index in [-0.39, 0.29) is 12.3 Å². The molecule has 3 aromatic rings. The van der Waals surface area contributed by atoms with Crippen LogP contribution in [0, 0.1) is 0 Å². The molecular formula is C22H17Br2NO2. The fourth-order valence-electron chi connectivity index (χ4n) is 4.08. The van der Waals surface area contributed by atoms with Gasteiger partial charge in [0, 0.05) is 25.8 Å². The summed E-state index contributed by atoms with van der Waals surface area (Å²) >= 11 is 7.19. The summed E-state index contributed by atoms with van der Waals surface area (Å²) in [7, 11) is 1.69. The zero-order valence-corrected chi connectivity index (χ0v) is 17.8. The third kappa shape index (κ3) is 2.84. The summed E-state index contributed by atoms with van der Waals surface area (Å²) < 4.78 is 14.1. The Labute approximate surface area is 175 Å². The molecule has 3 nitrogen and oxygen atoms in total. The van der Waals surface area contributed by atoms with E-state index in [1.807, 2.05) is 12.1 Å². The molecule has 2 heterocycles. The molecule has 2 aliphatic rings. The number of anilines is 1. The van der Waals surface area contributed by atoms with Gasteiger partial charge in [0.05, 0.1) is 13.2 Å². The van der Waals surface area contributed by atoms with E-state index in [0.29, 0.717) is 0 Å². The zero-order chi connectivity index (χ0) is 18.5. The van der Waals surface area contributed by atoms with Crippen LogP contribution in [-0.4, -0.2) is 7.11 Å². The first-order chi connectivity index (χ1) is 13.1. The van der Waals surface area contributed by atoms with Gasteiger partial charge in [-0.1, -0.05) is 50.1 Å². The van der Waals surface area contributed by atoms with Crippen molar-refractivity contribution >= 4 is 37.5 Å². The van der Waals surface area contributed by atoms with Crippen LogP contribution in [0.2, 0.25) is 0 Å². The van der Waals surface area contributed by atoms with Gasteiger partial charge in [-0.15, -0.1) is 0 Å². The minimum Gasteiger partial charge on any atom is -0.497 e. The summed E-state index contributed by atoms with van der Waals surface area (Å²) in [5, 5.41) is 0. The van der Waals surface area contributed by atoms with Crippen molar-refractivity contribution in [2.45, 2.75) is 18.7 Å². The quantitative estimate of drug-likeness (QED) is 0.417. The molecule has 3 aromatic carbocycles. The molecule has 136 valence electrons. The molecule has 5 heteroatoms. The Morgan fingerprint density at radius 3 is 2.67 bits per heavy atom. The Morgan fingerprint density at radius 1 is 1.00 bits per heavy atom. The first-order valence-electron chi connectivity index (χ1n) is 8.81. The number of ether oxygens (including phenoxy) is 2. The van der Waals surface area contributed by atoms with Gasteiger partial charge in [0.15, 0.2) is 6.23 Å². The molecule has 0 N–H and O–H groups in total. The molecule has 0 radical (unpaired) electrons. The maximum atomic E-state index is 6.53. The predicted molar refractivity (Wildman–Crippen MR) is 114 cm³/mol. The summed E-state index contributed by atoms with van der Waals surface area (Å²) in [5.41, 5.74) is 4.87. The van der Waals surface area contributed by atoms with Gasteiger partial charge in [-0.3, -0.25) is 0 Å². The van der Waals surface area contributed by atoms with Crippen molar-refractivity contribution in [3.05, 3.63) is 86.3 Å². The summed E-state index contributed by atoms with van der Waals surface area (Å²) in [6.07, 6.45) is 0.766. The Morgan fingerprint density at radius 2 is 1.81 bits per heavy atom. The second kappa shape index (κ2) is 6.57. The van der Waals surface area contributed by atoms with Crippen molar-refractivity contribution in [1.29, 1.82) is 0 Å². The topological polar surface area (TPSA) is 21.7 Å². The minimum absolute atomic E-state index is 0.200. The highest BCUT2D eigenvalue weighted by atomic mass is 79.9. The highest BCUT2D eigenvalue weighted by molar-refractivity contribution is 9.10. The molecule has 2 unspecified atom stereocenters. The number of nitrogens with zero attached hydrogens (tertiary/aromatic N) is 1. The van der Waals surface area contributed by atoms with Crippen molar-refractivity contribution in [2.24, 2.45) is 0 Å². The normalized spacial score (nSPS) is 19.7. The largest absolute Gasteiger partial charge is 0.497 e. The standard InChI is InChI=1S/C22H17Br2NO2/c1-26-17-4-2-3-13(10-17)22-25-19-8-6-15(23)9-14(19)11-20(25)18-7-5-16(24)12-21(18)27-22/h2-10,12,20,22H,11H2,1H3. The third-order valence-corrected chi connectivity index (χ3v) is 6.26. The fourth-order valence-corrected chi connectivity index (χ4v) is 4.83. The maximum absolute atomic E-state index is 6.53. The van der Waals surface area contributed by atoms with E-state index in [9.17, 15) is 0 Å². The van der Waals surface area contributed by atoms with Crippen molar-refractivity contribution in [2.75, 3.05) is 12.0 Å². The van der Waals surface area contributed by atoms with Crippen molar-refractivity contribution in [1.82, 2.24) is 0 Å².